The Kier molecular flexibility index (Phi) is 6.29. The van der Waals surface area contributed by atoms with Crippen LogP contribution in [-0.2, 0) is 16.0 Å². The highest BCUT2D eigenvalue weighted by Gasteiger charge is 2.41. The summed E-state index contributed by atoms with van der Waals surface area (Å²) in [6.07, 6.45) is 3.16. The summed E-state index contributed by atoms with van der Waals surface area (Å²) in [6, 6.07) is 18.1. The number of β-lactam (4-membered cyclic amide) rings is 1. The maximum atomic E-state index is 12.4. The number of anilines is 1. The van der Waals surface area contributed by atoms with E-state index in [1.54, 1.807) is 12.0 Å². The summed E-state index contributed by atoms with van der Waals surface area (Å²) in [4.78, 5) is 14.3. The SMILES string of the molecule is COc1ccc(N2C[C@@H]([C@@H](C)OCCCCc3ccccc3)C2=O)cc1. The first kappa shape index (κ1) is 18.5. The molecule has 1 aliphatic rings. The van der Waals surface area contributed by atoms with E-state index in [1.165, 1.54) is 5.56 Å². The number of ether oxygens (including phenoxy) is 2. The fraction of sp³-hybridized carbons (Fsp3) is 0.409. The summed E-state index contributed by atoms with van der Waals surface area (Å²) < 4.78 is 11.1. The normalized spacial score (nSPS) is 17.7. The van der Waals surface area contributed by atoms with Crippen molar-refractivity contribution in [1.82, 2.24) is 0 Å². The molecule has 138 valence electrons. The Morgan fingerprint density at radius 2 is 1.81 bits per heavy atom. The number of rotatable bonds is 9. The van der Waals surface area contributed by atoms with Crippen molar-refractivity contribution in [1.29, 1.82) is 0 Å². The van der Waals surface area contributed by atoms with Gasteiger partial charge in [-0.25, -0.2) is 0 Å². The molecule has 2 atom stereocenters. The fourth-order valence-electron chi connectivity index (χ4n) is 3.26. The number of aryl methyl sites for hydroxylation is 1. The van der Waals surface area contributed by atoms with Gasteiger partial charge in [0.15, 0.2) is 0 Å². The second kappa shape index (κ2) is 8.86. The van der Waals surface area contributed by atoms with Crippen molar-refractivity contribution in [3.63, 3.8) is 0 Å². The standard InChI is InChI=1S/C22H27NO3/c1-17(26-15-7-6-10-18-8-4-3-5-9-18)21-16-23(22(21)24)19-11-13-20(25-2)14-12-19/h3-5,8-9,11-14,17,21H,6-7,10,15-16H2,1-2H3/t17-,21+/m1/s1. The number of carbonyl (C=O) groups excluding carboxylic acids is 1. The number of carbonyl (C=O) groups is 1. The lowest BCUT2D eigenvalue weighted by molar-refractivity contribution is -0.133. The van der Waals surface area contributed by atoms with Gasteiger partial charge in [-0.1, -0.05) is 30.3 Å². The van der Waals surface area contributed by atoms with Crippen LogP contribution >= 0.6 is 0 Å². The third kappa shape index (κ3) is 4.44. The first-order chi connectivity index (χ1) is 12.7. The smallest absolute Gasteiger partial charge is 0.234 e. The zero-order valence-electron chi connectivity index (χ0n) is 15.6. The molecule has 1 saturated heterocycles. The third-order valence-corrected chi connectivity index (χ3v) is 5.00. The molecule has 1 heterocycles. The second-order valence-electron chi connectivity index (χ2n) is 6.77. The van der Waals surface area contributed by atoms with E-state index in [9.17, 15) is 4.79 Å². The highest BCUT2D eigenvalue weighted by molar-refractivity contribution is 6.01. The van der Waals surface area contributed by atoms with Gasteiger partial charge in [0.05, 0.1) is 19.1 Å². The molecule has 4 heteroatoms. The van der Waals surface area contributed by atoms with Crippen LogP contribution in [0.3, 0.4) is 0 Å². The molecule has 4 nitrogen and oxygen atoms in total. The second-order valence-corrected chi connectivity index (χ2v) is 6.77. The van der Waals surface area contributed by atoms with Gasteiger partial charge < -0.3 is 14.4 Å². The van der Waals surface area contributed by atoms with Crippen LogP contribution in [0.25, 0.3) is 0 Å². The predicted molar refractivity (Wildman–Crippen MR) is 104 cm³/mol. The molecule has 0 unspecified atom stereocenters. The van der Waals surface area contributed by atoms with Crippen LogP contribution in [0.2, 0.25) is 0 Å². The van der Waals surface area contributed by atoms with Crippen LogP contribution in [0.1, 0.15) is 25.3 Å². The molecule has 1 aliphatic heterocycles. The minimum absolute atomic E-state index is 0.0336. The maximum Gasteiger partial charge on any atom is 0.234 e. The largest absolute Gasteiger partial charge is 0.497 e. The fourth-order valence-corrected chi connectivity index (χ4v) is 3.26. The van der Waals surface area contributed by atoms with Crippen LogP contribution in [0.4, 0.5) is 5.69 Å². The minimum Gasteiger partial charge on any atom is -0.497 e. The van der Waals surface area contributed by atoms with Gasteiger partial charge in [0, 0.05) is 18.8 Å². The Labute approximate surface area is 155 Å². The number of nitrogens with zero attached hydrogens (tertiary/aromatic N) is 1. The van der Waals surface area contributed by atoms with Crippen molar-refractivity contribution in [2.45, 2.75) is 32.3 Å². The first-order valence-electron chi connectivity index (χ1n) is 9.30. The molecule has 1 fully saturated rings. The molecule has 0 spiro atoms. The predicted octanol–water partition coefficient (Wildman–Crippen LogP) is 4.09. The molecule has 3 rings (SSSR count). The Balaban J connectivity index is 1.36. The van der Waals surface area contributed by atoms with E-state index in [2.05, 4.69) is 24.3 Å². The van der Waals surface area contributed by atoms with E-state index in [1.807, 2.05) is 37.3 Å². The molecule has 1 amide bonds. The van der Waals surface area contributed by atoms with Crippen molar-refractivity contribution < 1.29 is 14.3 Å². The van der Waals surface area contributed by atoms with Gasteiger partial charge in [-0.3, -0.25) is 4.79 Å². The zero-order chi connectivity index (χ0) is 18.4. The quantitative estimate of drug-likeness (QED) is 0.503. The monoisotopic (exact) mass is 353 g/mol. The Hall–Kier alpha value is -2.33. The molecule has 0 bridgehead atoms. The third-order valence-electron chi connectivity index (χ3n) is 5.00. The van der Waals surface area contributed by atoms with Crippen LogP contribution in [0.5, 0.6) is 5.75 Å². The molecule has 0 aromatic heterocycles. The molecule has 2 aromatic rings. The lowest BCUT2D eigenvalue weighted by atomic mass is 9.92. The van der Waals surface area contributed by atoms with Crippen LogP contribution in [0, 0.1) is 5.92 Å². The zero-order valence-corrected chi connectivity index (χ0v) is 15.6. The highest BCUT2D eigenvalue weighted by atomic mass is 16.5. The number of hydrogen-bond acceptors (Lipinski definition) is 3. The summed E-state index contributed by atoms with van der Waals surface area (Å²) >= 11 is 0. The summed E-state index contributed by atoms with van der Waals surface area (Å²) in [6.45, 7) is 3.43. The van der Waals surface area contributed by atoms with Crippen molar-refractivity contribution in [2.24, 2.45) is 5.92 Å². The molecule has 0 N–H and O–H groups in total. The molecule has 0 radical (unpaired) electrons. The van der Waals surface area contributed by atoms with Gasteiger partial charge in [-0.15, -0.1) is 0 Å². The number of methoxy groups -OCH3 is 1. The van der Waals surface area contributed by atoms with E-state index in [0.717, 1.165) is 37.2 Å². The van der Waals surface area contributed by atoms with Gasteiger partial charge in [-0.05, 0) is 56.0 Å². The molecule has 0 aliphatic carbocycles. The van der Waals surface area contributed by atoms with Crippen LogP contribution < -0.4 is 9.64 Å². The lowest BCUT2D eigenvalue weighted by Crippen LogP contribution is -2.57. The summed E-state index contributed by atoms with van der Waals surface area (Å²) in [5.74, 6) is 0.906. The molecule has 2 aromatic carbocycles. The number of benzene rings is 2. The number of unbranched alkanes of at least 4 members (excludes halogenated alkanes) is 1. The molecular weight excluding hydrogens is 326 g/mol. The van der Waals surface area contributed by atoms with Crippen LogP contribution in [0.15, 0.2) is 54.6 Å². The minimum atomic E-state index is -0.0359. The average Bonchev–Trinajstić information content (AvgIpc) is 2.68. The number of amides is 1. The van der Waals surface area contributed by atoms with E-state index in [-0.39, 0.29) is 17.9 Å². The Morgan fingerprint density at radius 3 is 2.46 bits per heavy atom. The van der Waals surface area contributed by atoms with Crippen LogP contribution in [-0.4, -0.2) is 32.3 Å². The summed E-state index contributed by atoms with van der Waals surface area (Å²) in [7, 11) is 1.64. The number of hydrogen-bond donors (Lipinski definition) is 0. The summed E-state index contributed by atoms with van der Waals surface area (Å²) in [5.41, 5.74) is 2.28. The van der Waals surface area contributed by atoms with Crippen molar-refractivity contribution in [3.8, 4) is 5.75 Å². The van der Waals surface area contributed by atoms with Gasteiger partial charge in [0.25, 0.3) is 0 Å². The Bertz CT molecular complexity index is 699. The van der Waals surface area contributed by atoms with Crippen molar-refractivity contribution in [3.05, 3.63) is 60.2 Å². The molecular formula is C22H27NO3. The van der Waals surface area contributed by atoms with Gasteiger partial charge in [0.1, 0.15) is 5.75 Å². The molecule has 0 saturated carbocycles. The molecule has 26 heavy (non-hydrogen) atoms. The average molecular weight is 353 g/mol. The van der Waals surface area contributed by atoms with Gasteiger partial charge >= 0.3 is 0 Å². The maximum absolute atomic E-state index is 12.4. The van der Waals surface area contributed by atoms with Crippen molar-refractivity contribution >= 4 is 11.6 Å². The lowest BCUT2D eigenvalue weighted by Gasteiger charge is -2.41. The topological polar surface area (TPSA) is 38.8 Å². The van der Waals surface area contributed by atoms with E-state index in [0.29, 0.717) is 6.61 Å². The van der Waals surface area contributed by atoms with E-state index in [4.69, 9.17) is 9.47 Å². The van der Waals surface area contributed by atoms with Gasteiger partial charge in [0.2, 0.25) is 5.91 Å². The summed E-state index contributed by atoms with van der Waals surface area (Å²) in [5, 5.41) is 0. The van der Waals surface area contributed by atoms with E-state index >= 15 is 0 Å². The van der Waals surface area contributed by atoms with Gasteiger partial charge in [-0.2, -0.15) is 0 Å². The van der Waals surface area contributed by atoms with E-state index < -0.39 is 0 Å². The Morgan fingerprint density at radius 1 is 1.08 bits per heavy atom. The first-order valence-corrected chi connectivity index (χ1v) is 9.30. The highest BCUT2D eigenvalue weighted by Crippen LogP contribution is 2.30. The van der Waals surface area contributed by atoms with Crippen molar-refractivity contribution in [2.75, 3.05) is 25.2 Å².